The Morgan fingerprint density at radius 1 is 1.35 bits per heavy atom. The lowest BCUT2D eigenvalue weighted by Crippen LogP contribution is -2.38. The summed E-state index contributed by atoms with van der Waals surface area (Å²) in [5.74, 6) is 2.73. The Morgan fingerprint density at radius 3 is 2.65 bits per heavy atom. The lowest BCUT2D eigenvalue weighted by atomic mass is 10.0. The van der Waals surface area contributed by atoms with Gasteiger partial charge in [0.15, 0.2) is 0 Å². The molecule has 4 heteroatoms. The van der Waals surface area contributed by atoms with Crippen molar-refractivity contribution in [2.75, 3.05) is 11.4 Å². The van der Waals surface area contributed by atoms with Crippen molar-refractivity contribution in [3.8, 4) is 12.3 Å². The first kappa shape index (κ1) is 17.4. The largest absolute Gasteiger partial charge is 0.443 e. The summed E-state index contributed by atoms with van der Waals surface area (Å²) in [5, 5.41) is 3.35. The van der Waals surface area contributed by atoms with E-state index in [0.717, 1.165) is 17.7 Å². The first-order chi connectivity index (χ1) is 10.6. The highest BCUT2D eigenvalue weighted by Gasteiger charge is 2.31. The van der Waals surface area contributed by atoms with Crippen molar-refractivity contribution in [1.82, 2.24) is 5.32 Å². The fourth-order valence-electron chi connectivity index (χ4n) is 2.55. The maximum absolute atomic E-state index is 12.5. The van der Waals surface area contributed by atoms with Gasteiger partial charge in [0.1, 0.15) is 5.60 Å². The third-order valence-electron chi connectivity index (χ3n) is 3.77. The molecule has 1 amide bonds. The van der Waals surface area contributed by atoms with E-state index in [0.29, 0.717) is 13.1 Å². The summed E-state index contributed by atoms with van der Waals surface area (Å²) in [5.41, 5.74) is 2.31. The number of benzene rings is 1. The highest BCUT2D eigenvalue weighted by molar-refractivity contribution is 5.91. The molecule has 1 N–H and O–H groups in total. The number of nitrogens with zero attached hydrogens (tertiary/aromatic N) is 1. The molecule has 1 heterocycles. The highest BCUT2D eigenvalue weighted by Crippen LogP contribution is 2.33. The van der Waals surface area contributed by atoms with Crippen LogP contribution in [0.4, 0.5) is 10.5 Å². The number of ether oxygens (including phenoxy) is 1. The minimum atomic E-state index is -0.501. The normalized spacial score (nSPS) is 14.3. The number of carbonyl (C=O) groups is 1. The number of rotatable bonds is 3. The number of nitrogens with one attached hydrogen (secondary N) is 1. The quantitative estimate of drug-likeness (QED) is 0.868. The van der Waals surface area contributed by atoms with Crippen LogP contribution in [0.3, 0.4) is 0 Å². The molecule has 0 radical (unpaired) electrons. The van der Waals surface area contributed by atoms with E-state index in [4.69, 9.17) is 11.2 Å². The van der Waals surface area contributed by atoms with Gasteiger partial charge in [-0.25, -0.2) is 4.79 Å². The molecule has 0 saturated carbocycles. The average molecular weight is 314 g/mol. The molecule has 4 nitrogen and oxygen atoms in total. The fourth-order valence-corrected chi connectivity index (χ4v) is 2.55. The van der Waals surface area contributed by atoms with Crippen molar-refractivity contribution in [3.63, 3.8) is 0 Å². The SMILES string of the molecule is C#CC(C)(C)NCc1cccc2c1N(C(=O)OC(C)(C)C)CC2. The predicted molar refractivity (Wildman–Crippen MR) is 93.5 cm³/mol. The van der Waals surface area contributed by atoms with E-state index in [1.807, 2.05) is 46.8 Å². The number of amides is 1. The molecule has 1 aliphatic heterocycles. The second kappa shape index (κ2) is 6.25. The Bertz CT molecular complexity index is 636. The summed E-state index contributed by atoms with van der Waals surface area (Å²) >= 11 is 0. The number of fused-ring (bicyclic) bond motifs is 1. The third kappa shape index (κ3) is 4.27. The van der Waals surface area contributed by atoms with Crippen molar-refractivity contribution in [2.45, 2.75) is 58.7 Å². The van der Waals surface area contributed by atoms with Crippen LogP contribution in [0.2, 0.25) is 0 Å². The summed E-state index contributed by atoms with van der Waals surface area (Å²) in [6.45, 7) is 10.8. The van der Waals surface area contributed by atoms with Crippen molar-refractivity contribution in [1.29, 1.82) is 0 Å². The van der Waals surface area contributed by atoms with E-state index in [1.165, 1.54) is 5.56 Å². The van der Waals surface area contributed by atoms with Crippen LogP contribution in [0.15, 0.2) is 18.2 Å². The average Bonchev–Trinajstić information content (AvgIpc) is 2.88. The Kier molecular flexibility index (Phi) is 4.72. The molecule has 23 heavy (non-hydrogen) atoms. The summed E-state index contributed by atoms with van der Waals surface area (Å²) in [7, 11) is 0. The van der Waals surface area contributed by atoms with Crippen molar-refractivity contribution in [2.24, 2.45) is 0 Å². The molecule has 1 aromatic rings. The standard InChI is InChI=1S/C19H26N2O2/c1-7-19(5,6)20-13-15-10-8-9-14-11-12-21(16(14)15)17(22)23-18(2,3)4/h1,8-10,20H,11-13H2,2-6H3. The van der Waals surface area contributed by atoms with Gasteiger partial charge in [-0.15, -0.1) is 6.42 Å². The highest BCUT2D eigenvalue weighted by atomic mass is 16.6. The third-order valence-corrected chi connectivity index (χ3v) is 3.77. The molecule has 0 atom stereocenters. The van der Waals surface area contributed by atoms with Gasteiger partial charge in [0.2, 0.25) is 0 Å². The Labute approximate surface area is 139 Å². The molecule has 0 fully saturated rings. The van der Waals surface area contributed by atoms with Gasteiger partial charge in [0.25, 0.3) is 0 Å². The number of anilines is 1. The fraction of sp³-hybridized carbons (Fsp3) is 0.526. The smallest absolute Gasteiger partial charge is 0.414 e. The van der Waals surface area contributed by atoms with Crippen LogP contribution in [0.5, 0.6) is 0 Å². The zero-order valence-electron chi connectivity index (χ0n) is 14.7. The zero-order valence-corrected chi connectivity index (χ0v) is 14.7. The molecule has 0 aliphatic carbocycles. The molecule has 124 valence electrons. The lowest BCUT2D eigenvalue weighted by molar-refractivity contribution is 0.0583. The van der Waals surface area contributed by atoms with Gasteiger partial charge in [-0.05, 0) is 52.2 Å². The van der Waals surface area contributed by atoms with Gasteiger partial charge in [-0.1, -0.05) is 24.1 Å². The first-order valence-electron chi connectivity index (χ1n) is 7.97. The molecule has 0 saturated heterocycles. The Morgan fingerprint density at radius 2 is 2.04 bits per heavy atom. The number of para-hydroxylation sites is 1. The maximum atomic E-state index is 12.5. The van der Waals surface area contributed by atoms with E-state index in [9.17, 15) is 4.79 Å². The van der Waals surface area contributed by atoms with Gasteiger partial charge >= 0.3 is 6.09 Å². The van der Waals surface area contributed by atoms with Crippen LogP contribution < -0.4 is 10.2 Å². The van der Waals surface area contributed by atoms with Crippen molar-refractivity contribution < 1.29 is 9.53 Å². The van der Waals surface area contributed by atoms with Crippen molar-refractivity contribution in [3.05, 3.63) is 29.3 Å². The van der Waals surface area contributed by atoms with E-state index in [1.54, 1.807) is 4.90 Å². The van der Waals surface area contributed by atoms with Crippen LogP contribution in [0.25, 0.3) is 0 Å². The van der Waals surface area contributed by atoms with E-state index in [-0.39, 0.29) is 6.09 Å². The van der Waals surface area contributed by atoms with Gasteiger partial charge in [-0.2, -0.15) is 0 Å². The van der Waals surface area contributed by atoms with Crippen LogP contribution in [-0.4, -0.2) is 23.8 Å². The van der Waals surface area contributed by atoms with Gasteiger partial charge in [-0.3, -0.25) is 10.2 Å². The predicted octanol–water partition coefficient (Wildman–Crippen LogP) is 3.49. The van der Waals surface area contributed by atoms with Crippen LogP contribution in [0, 0.1) is 12.3 Å². The molecule has 0 spiro atoms. The monoisotopic (exact) mass is 314 g/mol. The molecular formula is C19H26N2O2. The maximum Gasteiger partial charge on any atom is 0.414 e. The summed E-state index contributed by atoms with van der Waals surface area (Å²) in [6.07, 6.45) is 6.09. The molecule has 1 aromatic carbocycles. The first-order valence-corrected chi connectivity index (χ1v) is 7.97. The Balaban J connectivity index is 2.24. The molecule has 0 aromatic heterocycles. The Hall–Kier alpha value is -1.99. The zero-order chi connectivity index (χ0) is 17.3. The van der Waals surface area contributed by atoms with Gasteiger partial charge in [0, 0.05) is 13.1 Å². The van der Waals surface area contributed by atoms with Crippen LogP contribution in [0.1, 0.15) is 45.7 Å². The second-order valence-corrected chi connectivity index (χ2v) is 7.43. The van der Waals surface area contributed by atoms with Crippen LogP contribution in [-0.2, 0) is 17.7 Å². The summed E-state index contributed by atoms with van der Waals surface area (Å²) < 4.78 is 5.53. The topological polar surface area (TPSA) is 41.6 Å². The van der Waals surface area contributed by atoms with E-state index < -0.39 is 11.1 Å². The minimum Gasteiger partial charge on any atom is -0.443 e. The number of terminal acetylenes is 1. The van der Waals surface area contributed by atoms with Crippen LogP contribution >= 0.6 is 0 Å². The van der Waals surface area contributed by atoms with E-state index >= 15 is 0 Å². The molecule has 1 aliphatic rings. The number of hydrogen-bond acceptors (Lipinski definition) is 3. The minimum absolute atomic E-state index is 0.292. The lowest BCUT2D eigenvalue weighted by Gasteiger charge is -2.27. The van der Waals surface area contributed by atoms with Gasteiger partial charge < -0.3 is 4.74 Å². The summed E-state index contributed by atoms with van der Waals surface area (Å²) in [4.78, 5) is 14.2. The second-order valence-electron chi connectivity index (χ2n) is 7.43. The summed E-state index contributed by atoms with van der Waals surface area (Å²) in [6, 6.07) is 6.12. The molecule has 0 bridgehead atoms. The molecular weight excluding hydrogens is 288 g/mol. The van der Waals surface area contributed by atoms with Crippen molar-refractivity contribution >= 4 is 11.8 Å². The molecule has 0 unspecified atom stereocenters. The molecule has 2 rings (SSSR count). The number of carbonyl (C=O) groups excluding carboxylic acids is 1. The number of hydrogen-bond donors (Lipinski definition) is 1. The van der Waals surface area contributed by atoms with Gasteiger partial charge in [0.05, 0.1) is 11.2 Å². The van der Waals surface area contributed by atoms with E-state index in [2.05, 4.69) is 17.3 Å².